The molecule has 2 aliphatic rings. The monoisotopic (exact) mass is 399 g/mol. The molecule has 0 spiro atoms. The lowest BCUT2D eigenvalue weighted by Gasteiger charge is -2.35. The van der Waals surface area contributed by atoms with Crippen LogP contribution in [-0.4, -0.2) is 40.5 Å². The van der Waals surface area contributed by atoms with Crippen LogP contribution in [0.25, 0.3) is 0 Å². The van der Waals surface area contributed by atoms with Crippen LogP contribution < -0.4 is 10.2 Å². The molecule has 0 saturated carbocycles. The van der Waals surface area contributed by atoms with E-state index in [-0.39, 0.29) is 0 Å². The number of hydrogen-bond donors (Lipinski definition) is 1. The van der Waals surface area contributed by atoms with Gasteiger partial charge in [-0.2, -0.15) is 0 Å². The lowest BCUT2D eigenvalue weighted by atomic mass is 9.97. The smallest absolute Gasteiger partial charge is 0.135 e. The van der Waals surface area contributed by atoms with Gasteiger partial charge in [0.15, 0.2) is 0 Å². The Hall–Kier alpha value is -2.92. The van der Waals surface area contributed by atoms with Gasteiger partial charge in [-0.05, 0) is 48.9 Å². The highest BCUT2D eigenvalue weighted by molar-refractivity contribution is 5.59. The molecule has 30 heavy (non-hydrogen) atoms. The van der Waals surface area contributed by atoms with Crippen LogP contribution in [0.15, 0.2) is 67.0 Å². The quantitative estimate of drug-likeness (QED) is 0.693. The van der Waals surface area contributed by atoms with Crippen molar-refractivity contribution in [2.75, 3.05) is 29.9 Å². The Bertz CT molecular complexity index is 974. The molecule has 1 fully saturated rings. The third kappa shape index (κ3) is 4.31. The van der Waals surface area contributed by atoms with Crippen molar-refractivity contribution in [1.82, 2.24) is 14.9 Å². The number of aromatic nitrogens is 2. The number of nitrogens with one attached hydrogen (secondary N) is 1. The molecule has 0 bridgehead atoms. The summed E-state index contributed by atoms with van der Waals surface area (Å²) in [5.74, 6) is 1.87. The topological polar surface area (TPSA) is 44.3 Å². The van der Waals surface area contributed by atoms with Crippen molar-refractivity contribution >= 4 is 17.3 Å². The van der Waals surface area contributed by atoms with Crippen molar-refractivity contribution < 1.29 is 0 Å². The third-order valence-corrected chi connectivity index (χ3v) is 6.40. The first kappa shape index (κ1) is 19.1. The zero-order valence-electron chi connectivity index (χ0n) is 17.4. The van der Waals surface area contributed by atoms with E-state index in [0.717, 1.165) is 37.0 Å². The maximum atomic E-state index is 4.57. The largest absolute Gasteiger partial charge is 0.356 e. The maximum absolute atomic E-state index is 4.57. The first-order chi connectivity index (χ1) is 14.8. The number of hydrogen-bond acceptors (Lipinski definition) is 5. The van der Waals surface area contributed by atoms with Gasteiger partial charge < -0.3 is 10.2 Å². The molecule has 1 atom stereocenters. The lowest BCUT2D eigenvalue weighted by Crippen LogP contribution is -2.39. The van der Waals surface area contributed by atoms with Crippen molar-refractivity contribution in [1.29, 1.82) is 0 Å². The molecule has 5 nitrogen and oxygen atoms in total. The second-order valence-electron chi connectivity index (χ2n) is 8.31. The van der Waals surface area contributed by atoms with Gasteiger partial charge >= 0.3 is 0 Å². The average molecular weight is 400 g/mol. The minimum absolute atomic E-state index is 0.659. The first-order valence-corrected chi connectivity index (χ1v) is 11.0. The molecule has 0 aliphatic carbocycles. The summed E-state index contributed by atoms with van der Waals surface area (Å²) >= 11 is 0. The van der Waals surface area contributed by atoms with Gasteiger partial charge in [0, 0.05) is 44.0 Å². The van der Waals surface area contributed by atoms with E-state index in [1.807, 2.05) is 18.2 Å². The SMILES string of the molecule is c1ccc(Nc2cc(N3CCCC(N4CCc5ccccc5C4)CC3)ncn2)cc1. The van der Waals surface area contributed by atoms with E-state index in [0.29, 0.717) is 6.04 Å². The van der Waals surface area contributed by atoms with Crippen molar-refractivity contribution in [3.63, 3.8) is 0 Å². The Balaban J connectivity index is 1.23. The van der Waals surface area contributed by atoms with Gasteiger partial charge in [0.05, 0.1) is 0 Å². The number of benzene rings is 2. The van der Waals surface area contributed by atoms with Gasteiger partial charge in [-0.1, -0.05) is 42.5 Å². The second-order valence-corrected chi connectivity index (χ2v) is 8.31. The molecule has 3 aromatic rings. The Morgan fingerprint density at radius 2 is 1.67 bits per heavy atom. The molecular formula is C25H29N5. The van der Waals surface area contributed by atoms with Crippen molar-refractivity contribution in [2.24, 2.45) is 0 Å². The molecule has 2 aromatic carbocycles. The van der Waals surface area contributed by atoms with Gasteiger partial charge in [0.25, 0.3) is 0 Å². The summed E-state index contributed by atoms with van der Waals surface area (Å²) in [4.78, 5) is 14.1. The lowest BCUT2D eigenvalue weighted by molar-refractivity contribution is 0.165. The standard InChI is InChI=1S/C25H29N5/c1-2-9-22(10-3-1)28-24-17-25(27-19-26-24)29-14-6-11-23(13-16-29)30-15-12-20-7-4-5-8-21(20)18-30/h1-5,7-10,17,19,23H,6,11-16,18H2,(H,26,27,28). The molecule has 1 aromatic heterocycles. The predicted molar refractivity (Wildman–Crippen MR) is 122 cm³/mol. The fourth-order valence-corrected chi connectivity index (χ4v) is 4.76. The Morgan fingerprint density at radius 1 is 0.833 bits per heavy atom. The average Bonchev–Trinajstić information content (AvgIpc) is 3.06. The summed E-state index contributed by atoms with van der Waals surface area (Å²) in [6.45, 7) is 4.38. The second kappa shape index (κ2) is 8.84. The van der Waals surface area contributed by atoms with Gasteiger partial charge in [0.1, 0.15) is 18.0 Å². The van der Waals surface area contributed by atoms with Crippen molar-refractivity contribution in [3.8, 4) is 0 Å². The normalized spacial score (nSPS) is 19.7. The van der Waals surface area contributed by atoms with Gasteiger partial charge in [0.2, 0.25) is 0 Å². The zero-order valence-corrected chi connectivity index (χ0v) is 17.4. The predicted octanol–water partition coefficient (Wildman–Crippen LogP) is 4.64. The van der Waals surface area contributed by atoms with Crippen LogP contribution in [-0.2, 0) is 13.0 Å². The van der Waals surface area contributed by atoms with E-state index < -0.39 is 0 Å². The van der Waals surface area contributed by atoms with E-state index in [4.69, 9.17) is 0 Å². The Labute approximate surface area is 178 Å². The van der Waals surface area contributed by atoms with E-state index >= 15 is 0 Å². The van der Waals surface area contributed by atoms with Crippen molar-refractivity contribution in [3.05, 3.63) is 78.1 Å². The highest BCUT2D eigenvalue weighted by atomic mass is 15.2. The zero-order chi connectivity index (χ0) is 20.2. The first-order valence-electron chi connectivity index (χ1n) is 11.0. The highest BCUT2D eigenvalue weighted by Crippen LogP contribution is 2.27. The minimum atomic E-state index is 0.659. The number of nitrogens with zero attached hydrogens (tertiary/aromatic N) is 4. The van der Waals surface area contributed by atoms with E-state index in [2.05, 4.69) is 67.5 Å². The molecule has 5 rings (SSSR count). The summed E-state index contributed by atoms with van der Waals surface area (Å²) in [6.07, 6.45) is 6.50. The summed E-state index contributed by atoms with van der Waals surface area (Å²) in [7, 11) is 0. The van der Waals surface area contributed by atoms with Gasteiger partial charge in [-0.25, -0.2) is 9.97 Å². The maximum Gasteiger partial charge on any atom is 0.135 e. The van der Waals surface area contributed by atoms with Gasteiger partial charge in [-0.15, -0.1) is 0 Å². The van der Waals surface area contributed by atoms with Crippen LogP contribution in [0.3, 0.4) is 0 Å². The molecule has 0 radical (unpaired) electrons. The molecule has 1 saturated heterocycles. The van der Waals surface area contributed by atoms with Crippen LogP contribution in [0.5, 0.6) is 0 Å². The summed E-state index contributed by atoms with van der Waals surface area (Å²) in [5.41, 5.74) is 4.09. The minimum Gasteiger partial charge on any atom is -0.356 e. The van der Waals surface area contributed by atoms with E-state index in [1.165, 1.54) is 43.4 Å². The fraction of sp³-hybridized carbons (Fsp3) is 0.360. The van der Waals surface area contributed by atoms with Gasteiger partial charge in [-0.3, -0.25) is 4.90 Å². The number of rotatable bonds is 4. The number of fused-ring (bicyclic) bond motifs is 1. The van der Waals surface area contributed by atoms with Crippen molar-refractivity contribution in [2.45, 2.75) is 38.3 Å². The molecule has 1 unspecified atom stereocenters. The van der Waals surface area contributed by atoms with E-state index in [9.17, 15) is 0 Å². The number of anilines is 3. The molecular weight excluding hydrogens is 370 g/mol. The molecule has 0 amide bonds. The van der Waals surface area contributed by atoms with Crippen LogP contribution in [0.1, 0.15) is 30.4 Å². The fourth-order valence-electron chi connectivity index (χ4n) is 4.76. The van der Waals surface area contributed by atoms with Crippen LogP contribution in [0, 0.1) is 0 Å². The summed E-state index contributed by atoms with van der Waals surface area (Å²) < 4.78 is 0. The Kier molecular flexibility index (Phi) is 5.62. The van der Waals surface area contributed by atoms with Crippen LogP contribution >= 0.6 is 0 Å². The molecule has 5 heteroatoms. The molecule has 154 valence electrons. The molecule has 1 N–H and O–H groups in total. The van der Waals surface area contributed by atoms with Crippen LogP contribution in [0.4, 0.5) is 17.3 Å². The molecule has 2 aliphatic heterocycles. The Morgan fingerprint density at radius 3 is 2.57 bits per heavy atom. The summed E-state index contributed by atoms with van der Waals surface area (Å²) in [5, 5.41) is 3.38. The van der Waals surface area contributed by atoms with E-state index in [1.54, 1.807) is 6.33 Å². The highest BCUT2D eigenvalue weighted by Gasteiger charge is 2.26. The third-order valence-electron chi connectivity index (χ3n) is 6.40. The number of para-hydroxylation sites is 1. The summed E-state index contributed by atoms with van der Waals surface area (Å²) in [6, 6.07) is 21.8. The van der Waals surface area contributed by atoms with Crippen LogP contribution in [0.2, 0.25) is 0 Å². The molecule has 3 heterocycles.